The minimum Gasteiger partial charge on any atom is -0.365 e. The van der Waals surface area contributed by atoms with Crippen LogP contribution in [0.4, 0.5) is 13.2 Å². The molecule has 0 saturated carbocycles. The molecule has 0 unspecified atom stereocenters. The van der Waals surface area contributed by atoms with E-state index in [4.69, 9.17) is 0 Å². The molecule has 15 heavy (non-hydrogen) atoms. The SMILES string of the molecule is CCCC(=O)N1CC(OCC(F)(F)F)C1. The third-order valence-corrected chi connectivity index (χ3v) is 2.15. The molecule has 0 bridgehead atoms. The standard InChI is InChI=1S/C9H14F3NO2/c1-2-3-8(14)13-4-7(5-13)15-6-9(10,11)12/h7H,2-6H2,1H3. The number of amides is 1. The Labute approximate surface area is 86.2 Å². The molecule has 6 heteroatoms. The van der Waals surface area contributed by atoms with Crippen LogP contribution < -0.4 is 0 Å². The molecule has 1 rings (SSSR count). The average molecular weight is 225 g/mol. The summed E-state index contributed by atoms with van der Waals surface area (Å²) >= 11 is 0. The minimum atomic E-state index is -4.28. The monoisotopic (exact) mass is 225 g/mol. The molecule has 1 aliphatic heterocycles. The zero-order chi connectivity index (χ0) is 11.5. The highest BCUT2D eigenvalue weighted by Gasteiger charge is 2.35. The predicted molar refractivity (Wildman–Crippen MR) is 47.3 cm³/mol. The zero-order valence-corrected chi connectivity index (χ0v) is 8.51. The van der Waals surface area contributed by atoms with E-state index in [1.807, 2.05) is 6.92 Å². The molecule has 0 aromatic carbocycles. The van der Waals surface area contributed by atoms with Crippen molar-refractivity contribution in [2.45, 2.75) is 32.0 Å². The molecule has 1 heterocycles. The van der Waals surface area contributed by atoms with Crippen molar-refractivity contribution in [3.63, 3.8) is 0 Å². The first-order valence-corrected chi connectivity index (χ1v) is 4.88. The molecule has 0 aromatic rings. The lowest BCUT2D eigenvalue weighted by Crippen LogP contribution is -2.55. The molecule has 1 saturated heterocycles. The van der Waals surface area contributed by atoms with Crippen LogP contribution >= 0.6 is 0 Å². The number of carbonyl (C=O) groups excluding carboxylic acids is 1. The minimum absolute atomic E-state index is 0.00985. The van der Waals surface area contributed by atoms with Gasteiger partial charge in [-0.15, -0.1) is 0 Å². The highest BCUT2D eigenvalue weighted by atomic mass is 19.4. The van der Waals surface area contributed by atoms with Crippen LogP contribution in [0.5, 0.6) is 0 Å². The van der Waals surface area contributed by atoms with E-state index in [0.717, 1.165) is 6.42 Å². The summed E-state index contributed by atoms with van der Waals surface area (Å²) < 4.78 is 39.8. The summed E-state index contributed by atoms with van der Waals surface area (Å²) in [5.74, 6) is -0.00985. The van der Waals surface area contributed by atoms with Crippen molar-refractivity contribution in [2.24, 2.45) is 0 Å². The van der Waals surface area contributed by atoms with Gasteiger partial charge in [-0.05, 0) is 6.42 Å². The number of carbonyl (C=O) groups is 1. The highest BCUT2D eigenvalue weighted by molar-refractivity contribution is 5.77. The Balaban J connectivity index is 2.13. The Morgan fingerprint density at radius 3 is 2.53 bits per heavy atom. The van der Waals surface area contributed by atoms with Gasteiger partial charge < -0.3 is 9.64 Å². The van der Waals surface area contributed by atoms with Crippen molar-refractivity contribution in [3.8, 4) is 0 Å². The van der Waals surface area contributed by atoms with Gasteiger partial charge in [-0.3, -0.25) is 4.79 Å². The smallest absolute Gasteiger partial charge is 0.365 e. The molecule has 1 fully saturated rings. The number of alkyl halides is 3. The van der Waals surface area contributed by atoms with E-state index in [1.54, 1.807) is 0 Å². The Morgan fingerprint density at radius 2 is 2.07 bits per heavy atom. The fourth-order valence-electron chi connectivity index (χ4n) is 1.33. The van der Waals surface area contributed by atoms with Crippen LogP contribution in [-0.2, 0) is 9.53 Å². The molecule has 1 amide bonds. The van der Waals surface area contributed by atoms with E-state index < -0.39 is 18.9 Å². The van der Waals surface area contributed by atoms with Crippen LogP contribution in [-0.4, -0.2) is 42.8 Å². The second-order valence-electron chi connectivity index (χ2n) is 3.60. The van der Waals surface area contributed by atoms with Crippen LogP contribution in [0.2, 0.25) is 0 Å². The number of ether oxygens (including phenoxy) is 1. The molecule has 3 nitrogen and oxygen atoms in total. The lowest BCUT2D eigenvalue weighted by molar-refractivity contribution is -0.200. The van der Waals surface area contributed by atoms with Crippen LogP contribution in [0, 0.1) is 0 Å². The summed E-state index contributed by atoms with van der Waals surface area (Å²) in [6.45, 7) is 1.23. The Kier molecular flexibility index (Phi) is 3.96. The van der Waals surface area contributed by atoms with Crippen molar-refractivity contribution < 1.29 is 22.7 Å². The van der Waals surface area contributed by atoms with Gasteiger partial charge in [0.15, 0.2) is 0 Å². The second-order valence-corrected chi connectivity index (χ2v) is 3.60. The summed E-state index contributed by atoms with van der Waals surface area (Å²) in [4.78, 5) is 12.7. The van der Waals surface area contributed by atoms with E-state index in [0.29, 0.717) is 6.42 Å². The zero-order valence-electron chi connectivity index (χ0n) is 8.51. The number of hydrogen-bond donors (Lipinski definition) is 0. The number of halogens is 3. The summed E-state index contributed by atoms with van der Waals surface area (Å²) in [5.41, 5.74) is 0. The van der Waals surface area contributed by atoms with Crippen LogP contribution in [0.15, 0.2) is 0 Å². The number of hydrogen-bond acceptors (Lipinski definition) is 2. The van der Waals surface area contributed by atoms with Crippen LogP contribution in [0.25, 0.3) is 0 Å². The van der Waals surface area contributed by atoms with E-state index in [9.17, 15) is 18.0 Å². The maximum atomic E-state index is 11.7. The molecule has 88 valence electrons. The third-order valence-electron chi connectivity index (χ3n) is 2.15. The quantitative estimate of drug-likeness (QED) is 0.727. The number of nitrogens with zero attached hydrogens (tertiary/aromatic N) is 1. The van der Waals surface area contributed by atoms with E-state index in [2.05, 4.69) is 4.74 Å². The number of rotatable bonds is 4. The molecule has 0 aliphatic carbocycles. The summed E-state index contributed by atoms with van der Waals surface area (Å²) in [7, 11) is 0. The van der Waals surface area contributed by atoms with E-state index >= 15 is 0 Å². The summed E-state index contributed by atoms with van der Waals surface area (Å²) in [6, 6.07) is 0. The predicted octanol–water partition coefficient (Wildman–Crippen LogP) is 1.58. The van der Waals surface area contributed by atoms with Gasteiger partial charge in [0, 0.05) is 19.5 Å². The first-order chi connectivity index (χ1) is 6.92. The maximum absolute atomic E-state index is 11.7. The molecule has 0 N–H and O–H groups in total. The van der Waals surface area contributed by atoms with Gasteiger partial charge in [0.05, 0.1) is 6.10 Å². The normalized spacial score (nSPS) is 17.7. The maximum Gasteiger partial charge on any atom is 0.411 e. The van der Waals surface area contributed by atoms with E-state index in [-0.39, 0.29) is 19.0 Å². The van der Waals surface area contributed by atoms with Crippen LogP contribution in [0.3, 0.4) is 0 Å². The lowest BCUT2D eigenvalue weighted by Gasteiger charge is -2.39. The molecular formula is C9H14F3NO2. The summed E-state index contributed by atoms with van der Waals surface area (Å²) in [6.07, 6.45) is -3.53. The van der Waals surface area contributed by atoms with Crippen LogP contribution in [0.1, 0.15) is 19.8 Å². The topological polar surface area (TPSA) is 29.5 Å². The van der Waals surface area contributed by atoms with Crippen molar-refractivity contribution in [2.75, 3.05) is 19.7 Å². The van der Waals surface area contributed by atoms with Crippen molar-refractivity contribution in [1.82, 2.24) is 4.90 Å². The van der Waals surface area contributed by atoms with E-state index in [1.165, 1.54) is 4.90 Å². The van der Waals surface area contributed by atoms with Gasteiger partial charge >= 0.3 is 6.18 Å². The lowest BCUT2D eigenvalue weighted by atomic mass is 10.1. The largest absolute Gasteiger partial charge is 0.411 e. The molecule has 0 spiro atoms. The van der Waals surface area contributed by atoms with Gasteiger partial charge in [-0.1, -0.05) is 6.92 Å². The molecule has 0 atom stereocenters. The van der Waals surface area contributed by atoms with Gasteiger partial charge in [-0.2, -0.15) is 13.2 Å². The first kappa shape index (κ1) is 12.3. The van der Waals surface area contributed by atoms with Crippen molar-refractivity contribution in [3.05, 3.63) is 0 Å². The Hall–Kier alpha value is -0.780. The van der Waals surface area contributed by atoms with Crippen molar-refractivity contribution in [1.29, 1.82) is 0 Å². The Morgan fingerprint density at radius 1 is 1.47 bits per heavy atom. The van der Waals surface area contributed by atoms with Gasteiger partial charge in [0.1, 0.15) is 6.61 Å². The van der Waals surface area contributed by atoms with Gasteiger partial charge in [-0.25, -0.2) is 0 Å². The average Bonchev–Trinajstić information content (AvgIpc) is 1.99. The highest BCUT2D eigenvalue weighted by Crippen LogP contribution is 2.19. The van der Waals surface area contributed by atoms with Crippen molar-refractivity contribution >= 4 is 5.91 Å². The third kappa shape index (κ3) is 4.07. The Bertz CT molecular complexity index is 224. The first-order valence-electron chi connectivity index (χ1n) is 4.88. The number of likely N-dealkylation sites (tertiary alicyclic amines) is 1. The van der Waals surface area contributed by atoms with Gasteiger partial charge in [0.2, 0.25) is 5.91 Å². The second kappa shape index (κ2) is 4.83. The van der Waals surface area contributed by atoms with Gasteiger partial charge in [0.25, 0.3) is 0 Å². The molecule has 0 radical (unpaired) electrons. The molecular weight excluding hydrogens is 211 g/mol. The molecule has 1 aliphatic rings. The molecule has 0 aromatic heterocycles. The fraction of sp³-hybridized carbons (Fsp3) is 0.889. The fourth-order valence-corrected chi connectivity index (χ4v) is 1.33. The summed E-state index contributed by atoms with van der Waals surface area (Å²) in [5, 5.41) is 0.